The van der Waals surface area contributed by atoms with Crippen LogP contribution in [0.3, 0.4) is 0 Å². The lowest BCUT2D eigenvalue weighted by molar-refractivity contribution is -0.384. The average Bonchev–Trinajstić information content (AvgIpc) is 2.90. The summed E-state index contributed by atoms with van der Waals surface area (Å²) < 4.78 is 4.55. The van der Waals surface area contributed by atoms with Crippen LogP contribution < -0.4 is 16.6 Å². The first-order valence-corrected chi connectivity index (χ1v) is 5.08. The second-order valence-corrected chi connectivity index (χ2v) is 3.47. The summed E-state index contributed by atoms with van der Waals surface area (Å²) in [5.41, 5.74) is 2.11. The van der Waals surface area contributed by atoms with E-state index < -0.39 is 10.8 Å². The Labute approximate surface area is 106 Å². The van der Waals surface area contributed by atoms with Gasteiger partial charge in [-0.05, 0) is 12.1 Å². The Kier molecular flexibility index (Phi) is 3.39. The van der Waals surface area contributed by atoms with E-state index in [9.17, 15) is 14.9 Å². The van der Waals surface area contributed by atoms with Crippen molar-refractivity contribution in [3.8, 4) is 0 Å². The van der Waals surface area contributed by atoms with Crippen LogP contribution >= 0.6 is 0 Å². The minimum Gasteiger partial charge on any atom is -0.363 e. The summed E-state index contributed by atoms with van der Waals surface area (Å²) in [5, 5.41) is 16.7. The fourth-order valence-electron chi connectivity index (χ4n) is 1.41. The Bertz CT molecular complexity index is 610. The molecule has 0 aliphatic heterocycles. The first-order valence-electron chi connectivity index (χ1n) is 5.08. The van der Waals surface area contributed by atoms with Crippen molar-refractivity contribution < 1.29 is 14.2 Å². The molecular weight excluding hydrogens is 254 g/mol. The molecule has 0 radical (unpaired) electrons. The zero-order valence-corrected chi connectivity index (χ0v) is 9.49. The van der Waals surface area contributed by atoms with Gasteiger partial charge in [-0.1, -0.05) is 5.16 Å². The quantitative estimate of drug-likeness (QED) is 0.427. The Morgan fingerprint density at radius 2 is 2.21 bits per heavy atom. The number of hydrazine groups is 1. The van der Waals surface area contributed by atoms with Gasteiger partial charge in [0.25, 0.3) is 11.6 Å². The van der Waals surface area contributed by atoms with Crippen molar-refractivity contribution in [2.45, 2.75) is 0 Å². The third-order valence-electron chi connectivity index (χ3n) is 2.29. The highest BCUT2D eigenvalue weighted by atomic mass is 16.6. The molecule has 0 spiro atoms. The molecule has 98 valence electrons. The molecule has 0 saturated heterocycles. The van der Waals surface area contributed by atoms with Crippen molar-refractivity contribution in [3.63, 3.8) is 0 Å². The first kappa shape index (κ1) is 12.5. The lowest BCUT2D eigenvalue weighted by atomic mass is 10.1. The second-order valence-electron chi connectivity index (χ2n) is 3.47. The number of nitro groups is 1. The molecule has 1 aromatic heterocycles. The Morgan fingerprint density at radius 3 is 2.79 bits per heavy atom. The van der Waals surface area contributed by atoms with Gasteiger partial charge in [-0.2, -0.15) is 0 Å². The van der Waals surface area contributed by atoms with Gasteiger partial charge in [-0.15, -0.1) is 0 Å². The maximum Gasteiger partial charge on any atom is 0.294 e. The molecule has 2 aromatic rings. The van der Waals surface area contributed by atoms with Crippen molar-refractivity contribution in [1.82, 2.24) is 5.16 Å². The molecule has 0 atom stereocenters. The molecule has 4 N–H and O–H groups in total. The highest BCUT2D eigenvalue weighted by molar-refractivity contribution is 6.04. The number of benzene rings is 1. The summed E-state index contributed by atoms with van der Waals surface area (Å²) >= 11 is 0. The number of amides is 1. The molecule has 9 nitrogen and oxygen atoms in total. The number of nitrogen functional groups attached to an aromatic ring is 1. The van der Waals surface area contributed by atoms with Crippen LogP contribution in [-0.2, 0) is 0 Å². The molecule has 0 bridgehead atoms. The van der Waals surface area contributed by atoms with Gasteiger partial charge in [0.1, 0.15) is 12.0 Å². The molecule has 0 aliphatic carbocycles. The van der Waals surface area contributed by atoms with E-state index in [2.05, 4.69) is 20.4 Å². The number of nitro benzene ring substituents is 1. The fraction of sp³-hybridized carbons (Fsp3) is 0. The average molecular weight is 263 g/mol. The fourth-order valence-corrected chi connectivity index (χ4v) is 1.41. The monoisotopic (exact) mass is 263 g/mol. The number of nitrogens with zero attached hydrogens (tertiary/aromatic N) is 2. The number of nitrogens with two attached hydrogens (primary N) is 1. The van der Waals surface area contributed by atoms with E-state index in [1.54, 1.807) is 0 Å². The second kappa shape index (κ2) is 5.14. The number of rotatable bonds is 4. The molecule has 0 saturated carbocycles. The summed E-state index contributed by atoms with van der Waals surface area (Å²) in [5.74, 6) is 4.82. The summed E-state index contributed by atoms with van der Waals surface area (Å²) in [6.45, 7) is 0. The lowest BCUT2D eigenvalue weighted by Gasteiger charge is -2.05. The van der Waals surface area contributed by atoms with E-state index in [1.807, 2.05) is 0 Å². The summed E-state index contributed by atoms with van der Waals surface area (Å²) in [6, 6.07) is 5.31. The number of anilines is 2. The first-order chi connectivity index (χ1) is 9.11. The molecule has 1 heterocycles. The van der Waals surface area contributed by atoms with Gasteiger partial charge in [-0.3, -0.25) is 20.8 Å². The predicted octanol–water partition coefficient (Wildman–Crippen LogP) is 1.12. The molecule has 1 amide bonds. The van der Waals surface area contributed by atoms with Crippen molar-refractivity contribution in [1.29, 1.82) is 0 Å². The van der Waals surface area contributed by atoms with E-state index in [1.165, 1.54) is 24.5 Å². The van der Waals surface area contributed by atoms with Gasteiger partial charge in [0.2, 0.25) is 0 Å². The van der Waals surface area contributed by atoms with E-state index in [-0.39, 0.29) is 22.8 Å². The maximum atomic E-state index is 11.8. The number of aromatic nitrogens is 1. The summed E-state index contributed by atoms with van der Waals surface area (Å²) in [4.78, 5) is 22.0. The zero-order chi connectivity index (χ0) is 13.8. The van der Waals surface area contributed by atoms with Crippen LogP contribution in [0.15, 0.2) is 35.1 Å². The smallest absolute Gasteiger partial charge is 0.294 e. The van der Waals surface area contributed by atoms with Gasteiger partial charge in [0.05, 0.1) is 4.92 Å². The van der Waals surface area contributed by atoms with Crippen molar-refractivity contribution in [3.05, 3.63) is 46.2 Å². The topological polar surface area (TPSA) is 136 Å². The van der Waals surface area contributed by atoms with Crippen LogP contribution in [0.5, 0.6) is 0 Å². The van der Waals surface area contributed by atoms with E-state index in [0.717, 1.165) is 6.07 Å². The number of hydrogen-bond acceptors (Lipinski definition) is 7. The van der Waals surface area contributed by atoms with Crippen LogP contribution in [0, 0.1) is 10.1 Å². The number of hydrogen-bond donors (Lipinski definition) is 3. The number of carbonyl (C=O) groups excluding carboxylic acids is 1. The molecule has 1 aromatic carbocycles. The summed E-state index contributed by atoms with van der Waals surface area (Å²) in [7, 11) is 0. The highest BCUT2D eigenvalue weighted by Crippen LogP contribution is 2.24. The van der Waals surface area contributed by atoms with Crippen LogP contribution in [0.4, 0.5) is 17.2 Å². The summed E-state index contributed by atoms with van der Waals surface area (Å²) in [6.07, 6.45) is 1.29. The number of carbonyl (C=O) groups is 1. The Balaban J connectivity index is 2.27. The minimum absolute atomic E-state index is 0.105. The zero-order valence-electron chi connectivity index (χ0n) is 9.49. The molecule has 19 heavy (non-hydrogen) atoms. The SMILES string of the molecule is NNc1ccc(C(=O)Nc2ccon2)cc1[N+](=O)[O-]. The molecule has 0 fully saturated rings. The van der Waals surface area contributed by atoms with Crippen LogP contribution in [-0.4, -0.2) is 16.0 Å². The predicted molar refractivity (Wildman–Crippen MR) is 65.4 cm³/mol. The largest absolute Gasteiger partial charge is 0.363 e. The van der Waals surface area contributed by atoms with E-state index in [4.69, 9.17) is 5.84 Å². The van der Waals surface area contributed by atoms with Gasteiger partial charge in [0, 0.05) is 17.7 Å². The Morgan fingerprint density at radius 1 is 1.42 bits per heavy atom. The molecule has 0 aliphatic rings. The van der Waals surface area contributed by atoms with E-state index >= 15 is 0 Å². The van der Waals surface area contributed by atoms with Gasteiger partial charge in [-0.25, -0.2) is 0 Å². The number of nitrogens with one attached hydrogen (secondary N) is 2. The minimum atomic E-state index is -0.637. The third-order valence-corrected chi connectivity index (χ3v) is 2.29. The molecule has 0 unspecified atom stereocenters. The third kappa shape index (κ3) is 2.66. The molecular formula is C10H9N5O4. The van der Waals surface area contributed by atoms with Crippen LogP contribution in [0.2, 0.25) is 0 Å². The van der Waals surface area contributed by atoms with Gasteiger partial charge >= 0.3 is 0 Å². The molecule has 9 heteroatoms. The lowest BCUT2D eigenvalue weighted by Crippen LogP contribution is -2.14. The molecule has 2 rings (SSSR count). The maximum absolute atomic E-state index is 11.8. The van der Waals surface area contributed by atoms with E-state index in [0.29, 0.717) is 0 Å². The normalized spacial score (nSPS) is 9.95. The van der Waals surface area contributed by atoms with Crippen molar-refractivity contribution in [2.75, 3.05) is 10.7 Å². The van der Waals surface area contributed by atoms with Crippen molar-refractivity contribution in [2.24, 2.45) is 5.84 Å². The van der Waals surface area contributed by atoms with Crippen LogP contribution in [0.1, 0.15) is 10.4 Å². The van der Waals surface area contributed by atoms with Gasteiger partial charge in [0.15, 0.2) is 5.82 Å². The van der Waals surface area contributed by atoms with Crippen LogP contribution in [0.25, 0.3) is 0 Å². The highest BCUT2D eigenvalue weighted by Gasteiger charge is 2.17. The van der Waals surface area contributed by atoms with Gasteiger partial charge < -0.3 is 15.3 Å². The standard InChI is InChI=1S/C10H9N5O4/c11-13-7-2-1-6(5-8(7)15(17)18)10(16)12-9-3-4-19-14-9/h1-5,13H,11H2,(H,12,14,16). The van der Waals surface area contributed by atoms with Crippen molar-refractivity contribution >= 4 is 23.1 Å². The Hall–Kier alpha value is -2.94.